The van der Waals surface area contributed by atoms with Crippen molar-refractivity contribution in [1.29, 1.82) is 0 Å². The van der Waals surface area contributed by atoms with Crippen molar-refractivity contribution < 1.29 is 19.4 Å². The summed E-state index contributed by atoms with van der Waals surface area (Å²) in [7, 11) is 0. The van der Waals surface area contributed by atoms with Crippen molar-refractivity contribution in [2.75, 3.05) is 13.2 Å². The number of hydrogen-bond acceptors (Lipinski definition) is 6. The maximum atomic E-state index is 12.6. The van der Waals surface area contributed by atoms with E-state index >= 15 is 0 Å². The molecule has 4 aliphatic rings. The molecule has 3 aliphatic carbocycles. The maximum absolute atomic E-state index is 12.6. The number of carbonyl (C=O) groups is 1. The molecule has 3 fully saturated rings. The van der Waals surface area contributed by atoms with Gasteiger partial charge < -0.3 is 14.6 Å². The fourth-order valence-electron chi connectivity index (χ4n) is 7.45. The largest absolute Gasteiger partial charge is 0.478 e. The second-order valence-corrected chi connectivity index (χ2v) is 12.7. The average molecular weight is 584 g/mol. The lowest BCUT2D eigenvalue weighted by Crippen LogP contribution is -2.43. The van der Waals surface area contributed by atoms with E-state index in [0.29, 0.717) is 24.1 Å². The van der Waals surface area contributed by atoms with Crippen LogP contribution in [0, 0.1) is 5.92 Å². The van der Waals surface area contributed by atoms with E-state index in [-0.39, 0.29) is 23.5 Å². The first-order valence-electron chi connectivity index (χ1n) is 16.0. The third-order valence-electron chi connectivity index (χ3n) is 9.96. The van der Waals surface area contributed by atoms with Crippen molar-refractivity contribution in [3.8, 4) is 0 Å². The Balaban J connectivity index is 1.24. The number of rotatable bonds is 9. The Morgan fingerprint density at radius 1 is 1.09 bits per heavy atom. The summed E-state index contributed by atoms with van der Waals surface area (Å²) in [4.78, 5) is 12.6. The fourth-order valence-corrected chi connectivity index (χ4v) is 7.45. The van der Waals surface area contributed by atoms with Crippen molar-refractivity contribution in [1.82, 2.24) is 24.8 Å². The van der Waals surface area contributed by atoms with Gasteiger partial charge in [-0.25, -0.2) is 14.2 Å². The molecule has 1 aromatic carbocycles. The van der Waals surface area contributed by atoms with Crippen molar-refractivity contribution in [3.63, 3.8) is 0 Å². The van der Waals surface area contributed by atoms with Crippen LogP contribution in [0.1, 0.15) is 110 Å². The van der Waals surface area contributed by atoms with Crippen LogP contribution in [-0.4, -0.2) is 55.2 Å². The predicted molar refractivity (Wildman–Crippen MR) is 162 cm³/mol. The number of aromatic carboxylic acids is 1. The summed E-state index contributed by atoms with van der Waals surface area (Å²) in [5, 5.41) is 24.1. The summed E-state index contributed by atoms with van der Waals surface area (Å²) >= 11 is 0. The van der Waals surface area contributed by atoms with Gasteiger partial charge in [-0.2, -0.15) is 5.10 Å². The summed E-state index contributed by atoms with van der Waals surface area (Å²) in [6.45, 7) is 3.66. The number of carboxylic acids is 1. The zero-order chi connectivity index (χ0) is 29.4. The number of ether oxygens (including phenoxy) is 2. The summed E-state index contributed by atoms with van der Waals surface area (Å²) < 4.78 is 16.5. The molecule has 2 saturated carbocycles. The van der Waals surface area contributed by atoms with Crippen LogP contribution in [0.25, 0.3) is 5.57 Å². The summed E-state index contributed by atoms with van der Waals surface area (Å²) in [6.07, 6.45) is 19.1. The predicted octanol–water partition coefficient (Wildman–Crippen LogP) is 6.48. The molecule has 1 N–H and O–H groups in total. The van der Waals surface area contributed by atoms with Crippen LogP contribution < -0.4 is 0 Å². The first-order chi connectivity index (χ1) is 21.0. The lowest BCUT2D eigenvalue weighted by atomic mass is 9.85. The Morgan fingerprint density at radius 2 is 1.88 bits per heavy atom. The van der Waals surface area contributed by atoms with Crippen LogP contribution in [0.2, 0.25) is 0 Å². The number of nitrogens with zero attached hydrogens (tertiary/aromatic N) is 5. The van der Waals surface area contributed by atoms with Gasteiger partial charge in [0, 0.05) is 37.7 Å². The molecule has 43 heavy (non-hydrogen) atoms. The van der Waals surface area contributed by atoms with Crippen LogP contribution >= 0.6 is 0 Å². The monoisotopic (exact) mass is 583 g/mol. The first kappa shape index (κ1) is 28.2. The molecule has 4 atom stereocenters. The highest BCUT2D eigenvalue weighted by atomic mass is 16.5. The second kappa shape index (κ2) is 11.8. The number of hydrogen-bond donors (Lipinski definition) is 1. The highest BCUT2D eigenvalue weighted by Crippen LogP contribution is 2.56. The molecule has 0 amide bonds. The van der Waals surface area contributed by atoms with E-state index in [1.807, 2.05) is 27.6 Å². The van der Waals surface area contributed by atoms with Crippen LogP contribution in [0.15, 0.2) is 61.0 Å². The number of aromatic nitrogens is 5. The minimum absolute atomic E-state index is 0.000210. The van der Waals surface area contributed by atoms with Crippen LogP contribution in [0.4, 0.5) is 0 Å². The molecular formula is C34H41N5O4. The Kier molecular flexibility index (Phi) is 7.78. The fraction of sp³-hybridized carbons (Fsp3) is 0.529. The number of benzene rings is 1. The Bertz CT molecular complexity index is 1500. The van der Waals surface area contributed by atoms with Crippen LogP contribution in [0.3, 0.4) is 0 Å². The average Bonchev–Trinajstić information content (AvgIpc) is 3.45. The molecule has 1 saturated heterocycles. The van der Waals surface area contributed by atoms with E-state index in [0.717, 1.165) is 62.1 Å². The van der Waals surface area contributed by atoms with Gasteiger partial charge in [0.2, 0.25) is 0 Å². The van der Waals surface area contributed by atoms with E-state index in [1.54, 1.807) is 0 Å². The van der Waals surface area contributed by atoms with Gasteiger partial charge in [0.1, 0.15) is 5.56 Å². The van der Waals surface area contributed by atoms with E-state index in [9.17, 15) is 9.90 Å². The van der Waals surface area contributed by atoms with E-state index in [4.69, 9.17) is 14.6 Å². The van der Waals surface area contributed by atoms with Gasteiger partial charge in [-0.1, -0.05) is 67.0 Å². The van der Waals surface area contributed by atoms with E-state index in [1.165, 1.54) is 25.5 Å². The smallest absolute Gasteiger partial charge is 0.339 e. The number of carboxylic acid groups (broad SMARTS) is 1. The van der Waals surface area contributed by atoms with Gasteiger partial charge >= 0.3 is 5.97 Å². The van der Waals surface area contributed by atoms with Gasteiger partial charge in [-0.15, -0.1) is 5.10 Å². The SMILES string of the molecule is CC(OC1(n2ncc(C(=O)O)c2[C@H]2C[C@@H]2c2cn(C3CCOCC3)nn2)C=CC=C(c2ccccc2)C1)C1CCCCC1. The maximum Gasteiger partial charge on any atom is 0.339 e. The van der Waals surface area contributed by atoms with Crippen LogP contribution in [-0.2, 0) is 15.2 Å². The Hall–Kier alpha value is -3.56. The van der Waals surface area contributed by atoms with Crippen molar-refractivity contribution in [2.45, 2.75) is 94.4 Å². The second-order valence-electron chi connectivity index (χ2n) is 12.7. The third-order valence-corrected chi connectivity index (χ3v) is 9.96. The molecule has 226 valence electrons. The molecule has 9 heteroatoms. The van der Waals surface area contributed by atoms with Gasteiger partial charge in [-0.3, -0.25) is 0 Å². The zero-order valence-electron chi connectivity index (χ0n) is 24.8. The van der Waals surface area contributed by atoms with Gasteiger partial charge in [0.15, 0.2) is 5.72 Å². The van der Waals surface area contributed by atoms with E-state index in [2.05, 4.69) is 53.8 Å². The lowest BCUT2D eigenvalue weighted by Gasteiger charge is -2.40. The lowest BCUT2D eigenvalue weighted by molar-refractivity contribution is -0.135. The Morgan fingerprint density at radius 3 is 2.65 bits per heavy atom. The quantitative estimate of drug-likeness (QED) is 0.308. The van der Waals surface area contributed by atoms with Gasteiger partial charge in [0.05, 0.1) is 29.7 Å². The molecule has 2 aromatic heterocycles. The molecule has 3 heterocycles. The highest BCUT2D eigenvalue weighted by Gasteiger charge is 2.49. The topological polar surface area (TPSA) is 104 Å². The zero-order valence-corrected chi connectivity index (χ0v) is 24.8. The first-order valence-corrected chi connectivity index (χ1v) is 16.0. The molecule has 9 nitrogen and oxygen atoms in total. The summed E-state index contributed by atoms with van der Waals surface area (Å²) in [5.74, 6) is -0.436. The molecule has 3 aromatic rings. The minimum atomic E-state index is -0.966. The van der Waals surface area contributed by atoms with Crippen LogP contribution in [0.5, 0.6) is 0 Å². The molecule has 0 bridgehead atoms. The van der Waals surface area contributed by atoms with Crippen molar-refractivity contribution >= 4 is 11.5 Å². The Labute approximate surface area is 252 Å². The molecular weight excluding hydrogens is 542 g/mol. The summed E-state index contributed by atoms with van der Waals surface area (Å²) in [6, 6.07) is 10.6. The number of allylic oxidation sites excluding steroid dienone is 2. The van der Waals surface area contributed by atoms with Gasteiger partial charge in [0.25, 0.3) is 0 Å². The summed E-state index contributed by atoms with van der Waals surface area (Å²) in [5.41, 5.74) is 3.20. The molecule has 1 aliphatic heterocycles. The molecule has 0 spiro atoms. The normalized spacial score (nSPS) is 27.1. The molecule has 0 radical (unpaired) electrons. The third kappa shape index (κ3) is 5.60. The molecule has 2 unspecified atom stereocenters. The standard InChI is InChI=1S/C34H41N5O4/c1-23(24-9-4-2-5-10-24)43-34(16-8-13-26(20-34)25-11-6-3-7-12-25)39-32(30(21-35-39)33(40)41)29-19-28(29)31-22-38(37-36-31)27-14-17-42-18-15-27/h3,6-8,11-13,16,21-24,27-29H,2,4-5,9-10,14-15,17-20H2,1H3,(H,40,41)/t23?,28-,29-,34?/m0/s1. The minimum Gasteiger partial charge on any atom is -0.478 e. The highest BCUT2D eigenvalue weighted by molar-refractivity contribution is 5.89. The van der Waals surface area contributed by atoms with Crippen molar-refractivity contribution in [3.05, 3.63) is 83.5 Å². The van der Waals surface area contributed by atoms with Gasteiger partial charge in [-0.05, 0) is 62.2 Å². The van der Waals surface area contributed by atoms with E-state index < -0.39 is 11.7 Å². The molecule has 7 rings (SSSR count). The van der Waals surface area contributed by atoms with Crippen molar-refractivity contribution in [2.24, 2.45) is 5.92 Å².